The number of carbonyl (C=O) groups excluding carboxylic acids is 1. The molecule has 1 atom stereocenters. The first-order valence-electron chi connectivity index (χ1n) is 7.81. The highest BCUT2D eigenvalue weighted by Gasteiger charge is 2.27. The summed E-state index contributed by atoms with van der Waals surface area (Å²) < 4.78 is 0. The third-order valence-electron chi connectivity index (χ3n) is 4.44. The van der Waals surface area contributed by atoms with Crippen LogP contribution in [-0.2, 0) is 4.79 Å². The van der Waals surface area contributed by atoms with Gasteiger partial charge in [0, 0.05) is 27.7 Å². The van der Waals surface area contributed by atoms with Gasteiger partial charge in [0.25, 0.3) is 0 Å². The lowest BCUT2D eigenvalue weighted by atomic mass is 9.95. The maximum atomic E-state index is 13.0. The molecule has 1 unspecified atom stereocenters. The predicted octanol–water partition coefficient (Wildman–Crippen LogP) is 4.25. The number of carboxylic acid groups (broad SMARTS) is 1. The summed E-state index contributed by atoms with van der Waals surface area (Å²) in [5, 5.41) is 10.6. The average Bonchev–Trinajstić information content (AvgIpc) is 2.94. The largest absolute Gasteiger partial charge is 0.481 e. The number of nitrogens with one attached hydrogen (secondary N) is 1. The summed E-state index contributed by atoms with van der Waals surface area (Å²) in [6.45, 7) is 5.38. The number of aromatic amines is 1. The smallest absolute Gasteiger partial charge is 0.310 e. The van der Waals surface area contributed by atoms with Crippen LogP contribution in [0.5, 0.6) is 0 Å². The number of carbonyl (C=O) groups is 2. The quantitative estimate of drug-likeness (QED) is 0.684. The van der Waals surface area contributed by atoms with E-state index >= 15 is 0 Å². The summed E-state index contributed by atoms with van der Waals surface area (Å²) in [5.74, 6) is -2.18. The minimum atomic E-state index is -1.00. The zero-order valence-corrected chi connectivity index (χ0v) is 14.8. The molecule has 0 aliphatic heterocycles. The van der Waals surface area contributed by atoms with Crippen LogP contribution in [0.3, 0.4) is 0 Å². The number of hydrogen-bond donors (Lipinski definition) is 2. The number of pyridine rings is 1. The van der Waals surface area contributed by atoms with Crippen molar-refractivity contribution < 1.29 is 14.7 Å². The van der Waals surface area contributed by atoms with Gasteiger partial charge in [-0.15, -0.1) is 0 Å². The fourth-order valence-corrected chi connectivity index (χ4v) is 2.99. The zero-order valence-electron chi connectivity index (χ0n) is 14.1. The molecule has 0 fully saturated rings. The summed E-state index contributed by atoms with van der Waals surface area (Å²) in [6.07, 6.45) is 1.64. The Kier molecular flexibility index (Phi) is 4.35. The van der Waals surface area contributed by atoms with Crippen LogP contribution in [0.2, 0.25) is 5.02 Å². The molecule has 2 N–H and O–H groups in total. The van der Waals surface area contributed by atoms with Crippen molar-refractivity contribution in [1.29, 1.82) is 0 Å². The highest BCUT2D eigenvalue weighted by atomic mass is 35.5. The molecule has 0 spiro atoms. The van der Waals surface area contributed by atoms with Gasteiger partial charge >= 0.3 is 5.97 Å². The lowest BCUT2D eigenvalue weighted by Gasteiger charge is -2.09. The third kappa shape index (κ3) is 3.03. The van der Waals surface area contributed by atoms with Gasteiger partial charge < -0.3 is 10.1 Å². The number of H-pyrrole nitrogens is 1. The SMILES string of the molecule is Cc1cnc(C(=O)c2[nH]c3cc(Cl)ccc3c2C(C)C(=O)O)cc1C. The molecule has 25 heavy (non-hydrogen) atoms. The molecule has 1 aromatic carbocycles. The minimum absolute atomic E-state index is 0.239. The van der Waals surface area contributed by atoms with Crippen molar-refractivity contribution in [2.45, 2.75) is 26.7 Å². The van der Waals surface area contributed by atoms with E-state index in [-0.39, 0.29) is 17.2 Å². The Bertz CT molecular complexity index is 1010. The van der Waals surface area contributed by atoms with Crippen molar-refractivity contribution in [3.63, 3.8) is 0 Å². The van der Waals surface area contributed by atoms with Gasteiger partial charge in [-0.05, 0) is 50.1 Å². The lowest BCUT2D eigenvalue weighted by molar-refractivity contribution is -0.138. The number of hydrogen-bond acceptors (Lipinski definition) is 3. The molecule has 2 aromatic heterocycles. The van der Waals surface area contributed by atoms with E-state index in [0.29, 0.717) is 21.5 Å². The van der Waals surface area contributed by atoms with Gasteiger partial charge in [0.15, 0.2) is 0 Å². The second kappa shape index (κ2) is 6.33. The molecule has 5 nitrogen and oxygen atoms in total. The van der Waals surface area contributed by atoms with Crippen LogP contribution in [0.4, 0.5) is 0 Å². The number of ketones is 1. The first-order valence-corrected chi connectivity index (χ1v) is 8.19. The number of rotatable bonds is 4. The molecule has 0 aliphatic rings. The molecule has 0 radical (unpaired) electrons. The van der Waals surface area contributed by atoms with Crippen molar-refractivity contribution >= 4 is 34.3 Å². The summed E-state index contributed by atoms with van der Waals surface area (Å²) in [6, 6.07) is 6.80. The van der Waals surface area contributed by atoms with Gasteiger partial charge in [-0.1, -0.05) is 17.7 Å². The van der Waals surface area contributed by atoms with Gasteiger partial charge in [0.1, 0.15) is 5.69 Å². The molecule has 0 aliphatic carbocycles. The number of aliphatic carboxylic acids is 1. The highest BCUT2D eigenvalue weighted by Crippen LogP contribution is 2.32. The molecular weight excluding hydrogens is 340 g/mol. The minimum Gasteiger partial charge on any atom is -0.481 e. The average molecular weight is 357 g/mol. The summed E-state index contributed by atoms with van der Waals surface area (Å²) in [7, 11) is 0. The number of halogens is 1. The van der Waals surface area contributed by atoms with Crippen LogP contribution in [-0.4, -0.2) is 26.8 Å². The van der Waals surface area contributed by atoms with Crippen LogP contribution < -0.4 is 0 Å². The number of aromatic nitrogens is 2. The van der Waals surface area contributed by atoms with Crippen molar-refractivity contribution in [1.82, 2.24) is 9.97 Å². The maximum Gasteiger partial charge on any atom is 0.310 e. The van der Waals surface area contributed by atoms with Crippen LogP contribution in [0.1, 0.15) is 45.7 Å². The molecule has 128 valence electrons. The Labute approximate surface area is 149 Å². The van der Waals surface area contributed by atoms with Crippen molar-refractivity contribution in [2.75, 3.05) is 0 Å². The standard InChI is InChI=1S/C19H17ClN2O3/c1-9-6-15(21-8-10(9)2)18(23)17-16(11(3)19(24)25)13-5-4-12(20)7-14(13)22-17/h4-8,11,22H,1-3H3,(H,24,25). The number of nitrogens with zero attached hydrogens (tertiary/aromatic N) is 1. The Morgan fingerprint density at radius 2 is 1.92 bits per heavy atom. The summed E-state index contributed by atoms with van der Waals surface area (Å²) in [5.41, 5.74) is 3.53. The van der Waals surface area contributed by atoms with E-state index < -0.39 is 11.9 Å². The van der Waals surface area contributed by atoms with E-state index in [1.54, 1.807) is 37.4 Å². The highest BCUT2D eigenvalue weighted by molar-refractivity contribution is 6.31. The Balaban J connectivity index is 2.23. The summed E-state index contributed by atoms with van der Waals surface area (Å²) >= 11 is 6.02. The molecule has 0 saturated heterocycles. The van der Waals surface area contributed by atoms with Gasteiger partial charge in [0.05, 0.1) is 11.6 Å². The number of fused-ring (bicyclic) bond motifs is 1. The van der Waals surface area contributed by atoms with Gasteiger partial charge in [-0.25, -0.2) is 0 Å². The molecule has 3 aromatic rings. The first kappa shape index (κ1) is 17.2. The van der Waals surface area contributed by atoms with Crippen molar-refractivity contribution in [3.05, 3.63) is 63.6 Å². The second-order valence-corrected chi connectivity index (χ2v) is 6.58. The summed E-state index contributed by atoms with van der Waals surface area (Å²) in [4.78, 5) is 31.8. The zero-order chi connectivity index (χ0) is 18.3. The van der Waals surface area contributed by atoms with E-state index in [0.717, 1.165) is 11.1 Å². The van der Waals surface area contributed by atoms with E-state index in [1.165, 1.54) is 0 Å². The molecule has 0 amide bonds. The fraction of sp³-hybridized carbons (Fsp3) is 0.211. The molecule has 6 heteroatoms. The van der Waals surface area contributed by atoms with E-state index in [2.05, 4.69) is 9.97 Å². The van der Waals surface area contributed by atoms with Crippen LogP contribution >= 0.6 is 11.6 Å². The van der Waals surface area contributed by atoms with E-state index in [1.807, 2.05) is 13.8 Å². The van der Waals surface area contributed by atoms with Crippen LogP contribution in [0.25, 0.3) is 10.9 Å². The second-order valence-electron chi connectivity index (χ2n) is 6.15. The topological polar surface area (TPSA) is 83.0 Å². The fourth-order valence-electron chi connectivity index (χ4n) is 2.82. The monoisotopic (exact) mass is 356 g/mol. The van der Waals surface area contributed by atoms with Crippen molar-refractivity contribution in [3.8, 4) is 0 Å². The molecule has 0 saturated carbocycles. The molecular formula is C19H17ClN2O3. The predicted molar refractivity (Wildman–Crippen MR) is 96.5 cm³/mol. The number of aryl methyl sites for hydroxylation is 2. The van der Waals surface area contributed by atoms with Crippen LogP contribution in [0.15, 0.2) is 30.5 Å². The molecule has 0 bridgehead atoms. The van der Waals surface area contributed by atoms with E-state index in [9.17, 15) is 14.7 Å². The Morgan fingerprint density at radius 1 is 1.20 bits per heavy atom. The number of carboxylic acids is 1. The van der Waals surface area contributed by atoms with Gasteiger partial charge in [-0.3, -0.25) is 14.6 Å². The normalized spacial score (nSPS) is 12.3. The molecule has 2 heterocycles. The van der Waals surface area contributed by atoms with Crippen molar-refractivity contribution in [2.24, 2.45) is 0 Å². The number of benzene rings is 1. The van der Waals surface area contributed by atoms with E-state index in [4.69, 9.17) is 11.6 Å². The van der Waals surface area contributed by atoms with Gasteiger partial charge in [0.2, 0.25) is 5.78 Å². The van der Waals surface area contributed by atoms with Crippen LogP contribution in [0, 0.1) is 13.8 Å². The van der Waals surface area contributed by atoms with Gasteiger partial charge in [-0.2, -0.15) is 0 Å². The molecule has 3 rings (SSSR count). The Hall–Kier alpha value is -2.66. The third-order valence-corrected chi connectivity index (χ3v) is 4.67. The maximum absolute atomic E-state index is 13.0. The lowest BCUT2D eigenvalue weighted by Crippen LogP contribution is -2.14. The Morgan fingerprint density at radius 3 is 2.56 bits per heavy atom. The first-order chi connectivity index (χ1) is 11.8.